The molecule has 1 amide bonds. The van der Waals surface area contributed by atoms with Crippen molar-refractivity contribution >= 4 is 51.7 Å². The number of hydrogen-bond acceptors (Lipinski definition) is 6. The van der Waals surface area contributed by atoms with Crippen molar-refractivity contribution in [2.24, 2.45) is 0 Å². The van der Waals surface area contributed by atoms with E-state index in [0.29, 0.717) is 14.9 Å². The molecule has 0 unspecified atom stereocenters. The molecule has 1 N–H and O–H groups in total. The molecule has 8 heteroatoms. The van der Waals surface area contributed by atoms with Crippen LogP contribution in [0.4, 0.5) is 11.4 Å². The fourth-order valence-electron chi connectivity index (χ4n) is 2.24. The maximum Gasteiger partial charge on any atom is 0.271 e. The lowest BCUT2D eigenvalue weighted by atomic mass is 10.2. The van der Waals surface area contributed by atoms with Crippen LogP contribution in [0.3, 0.4) is 0 Å². The molecular weight excluding hydrogens is 358 g/mol. The first-order valence-corrected chi connectivity index (χ1v) is 8.56. The van der Waals surface area contributed by atoms with Crippen LogP contribution >= 0.6 is 24.0 Å². The predicted octanol–water partition coefficient (Wildman–Crippen LogP) is 3.87. The summed E-state index contributed by atoms with van der Waals surface area (Å²) in [4.78, 5) is 24.9. The smallest absolute Gasteiger partial charge is 0.271 e. The SMILES string of the molecule is O=C1/C(=C/c2ccccc2)SC(=S)N1CNc1cccc([N+](=O)[O-])c1. The minimum Gasteiger partial charge on any atom is -0.367 e. The molecule has 1 aliphatic heterocycles. The molecule has 126 valence electrons. The summed E-state index contributed by atoms with van der Waals surface area (Å²) in [6, 6.07) is 15.6. The van der Waals surface area contributed by atoms with Crippen LogP contribution in [0.1, 0.15) is 5.56 Å². The maximum absolute atomic E-state index is 12.5. The number of carbonyl (C=O) groups excluding carboxylic acids is 1. The zero-order valence-corrected chi connectivity index (χ0v) is 14.5. The highest BCUT2D eigenvalue weighted by Crippen LogP contribution is 2.32. The number of nitrogens with one attached hydrogen (secondary N) is 1. The first kappa shape index (κ1) is 17.1. The van der Waals surface area contributed by atoms with Crippen LogP contribution in [-0.2, 0) is 4.79 Å². The number of hydrogen-bond donors (Lipinski definition) is 1. The molecule has 0 spiro atoms. The van der Waals surface area contributed by atoms with Crippen LogP contribution in [0.25, 0.3) is 6.08 Å². The Bertz CT molecular complexity index is 868. The number of non-ortho nitro benzene ring substituents is 1. The van der Waals surface area contributed by atoms with Crippen molar-refractivity contribution in [3.8, 4) is 0 Å². The van der Waals surface area contributed by atoms with Crippen LogP contribution in [0, 0.1) is 10.1 Å². The minimum atomic E-state index is -0.465. The minimum absolute atomic E-state index is 0.0145. The number of carbonyl (C=O) groups is 1. The van der Waals surface area contributed by atoms with E-state index in [1.807, 2.05) is 30.3 Å². The molecule has 2 aromatic rings. The third-order valence-corrected chi connectivity index (χ3v) is 4.85. The van der Waals surface area contributed by atoms with Gasteiger partial charge in [0.05, 0.1) is 16.5 Å². The summed E-state index contributed by atoms with van der Waals surface area (Å²) in [5, 5.41) is 13.8. The fraction of sp³-hybridized carbons (Fsp3) is 0.0588. The van der Waals surface area contributed by atoms with E-state index in [1.54, 1.807) is 18.2 Å². The Morgan fingerprint density at radius 3 is 2.68 bits per heavy atom. The molecule has 6 nitrogen and oxygen atoms in total. The van der Waals surface area contributed by atoms with E-state index in [-0.39, 0.29) is 18.3 Å². The molecule has 3 rings (SSSR count). The molecule has 25 heavy (non-hydrogen) atoms. The van der Waals surface area contributed by atoms with Gasteiger partial charge in [-0.1, -0.05) is 60.4 Å². The normalized spacial score (nSPS) is 15.7. The van der Waals surface area contributed by atoms with Gasteiger partial charge in [0.15, 0.2) is 0 Å². The van der Waals surface area contributed by atoms with E-state index >= 15 is 0 Å². The van der Waals surface area contributed by atoms with Crippen molar-refractivity contribution in [3.05, 3.63) is 75.2 Å². The van der Waals surface area contributed by atoms with Gasteiger partial charge in [-0.15, -0.1) is 0 Å². The summed E-state index contributed by atoms with van der Waals surface area (Å²) in [7, 11) is 0. The number of thiocarbonyl (C=S) groups is 1. The first-order chi connectivity index (χ1) is 12.0. The molecule has 2 aromatic carbocycles. The number of amides is 1. The quantitative estimate of drug-likeness (QED) is 0.372. The van der Waals surface area contributed by atoms with Gasteiger partial charge < -0.3 is 5.32 Å². The summed E-state index contributed by atoms with van der Waals surface area (Å²) >= 11 is 6.51. The fourth-order valence-corrected chi connectivity index (χ4v) is 3.49. The summed E-state index contributed by atoms with van der Waals surface area (Å²) in [6.45, 7) is 0.151. The van der Waals surface area contributed by atoms with E-state index < -0.39 is 4.92 Å². The second kappa shape index (κ2) is 7.45. The number of anilines is 1. The first-order valence-electron chi connectivity index (χ1n) is 7.33. The number of rotatable bonds is 5. The third-order valence-electron chi connectivity index (χ3n) is 3.47. The topological polar surface area (TPSA) is 75.5 Å². The molecule has 1 saturated heterocycles. The van der Waals surface area contributed by atoms with Gasteiger partial charge >= 0.3 is 0 Å². The Kier molecular flexibility index (Phi) is 5.11. The maximum atomic E-state index is 12.5. The molecule has 0 aromatic heterocycles. The second-order valence-electron chi connectivity index (χ2n) is 5.16. The number of nitro groups is 1. The molecule has 0 radical (unpaired) electrons. The molecular formula is C17H13N3O3S2. The van der Waals surface area contributed by atoms with E-state index in [4.69, 9.17) is 12.2 Å². The highest BCUT2D eigenvalue weighted by Gasteiger charge is 2.31. The summed E-state index contributed by atoms with van der Waals surface area (Å²) in [6.07, 6.45) is 1.80. The standard InChI is InChI=1S/C17H13N3O3S2/c21-16-15(9-12-5-2-1-3-6-12)25-17(24)19(16)11-18-13-7-4-8-14(10-13)20(22)23/h1-10,18H,11H2/b15-9-. The lowest BCUT2D eigenvalue weighted by Gasteiger charge is -2.16. The van der Waals surface area contributed by atoms with Gasteiger partial charge in [0.1, 0.15) is 4.32 Å². The summed E-state index contributed by atoms with van der Waals surface area (Å²) < 4.78 is 0.449. The molecule has 0 atom stereocenters. The van der Waals surface area contributed by atoms with E-state index in [2.05, 4.69) is 5.32 Å². The highest BCUT2D eigenvalue weighted by molar-refractivity contribution is 8.26. The molecule has 1 heterocycles. The Morgan fingerprint density at radius 1 is 1.20 bits per heavy atom. The molecule has 1 fully saturated rings. The molecule has 1 aliphatic rings. The monoisotopic (exact) mass is 371 g/mol. The van der Waals surface area contributed by atoms with Crippen molar-refractivity contribution in [2.45, 2.75) is 0 Å². The summed E-state index contributed by atoms with van der Waals surface area (Å²) in [5.74, 6) is -0.184. The number of benzene rings is 2. The van der Waals surface area contributed by atoms with Gasteiger partial charge in [0.2, 0.25) is 0 Å². The number of nitro benzene ring substituents is 1. The zero-order chi connectivity index (χ0) is 17.8. The van der Waals surface area contributed by atoms with Crippen LogP contribution < -0.4 is 5.32 Å². The van der Waals surface area contributed by atoms with Crippen molar-refractivity contribution in [3.63, 3.8) is 0 Å². The van der Waals surface area contributed by atoms with Crippen molar-refractivity contribution in [1.29, 1.82) is 0 Å². The largest absolute Gasteiger partial charge is 0.367 e. The van der Waals surface area contributed by atoms with Gasteiger partial charge in [0.25, 0.3) is 11.6 Å². The average molecular weight is 371 g/mol. The predicted molar refractivity (Wildman–Crippen MR) is 103 cm³/mol. The van der Waals surface area contributed by atoms with Crippen LogP contribution in [0.15, 0.2) is 59.5 Å². The molecule has 0 saturated carbocycles. The van der Waals surface area contributed by atoms with Crippen molar-refractivity contribution < 1.29 is 9.72 Å². The van der Waals surface area contributed by atoms with Crippen LogP contribution in [-0.4, -0.2) is 26.7 Å². The molecule has 0 aliphatic carbocycles. The summed E-state index contributed by atoms with van der Waals surface area (Å²) in [5.41, 5.74) is 1.46. The van der Waals surface area contributed by atoms with Gasteiger partial charge in [-0.25, -0.2) is 0 Å². The molecule has 0 bridgehead atoms. The third kappa shape index (κ3) is 4.04. The van der Waals surface area contributed by atoms with Crippen molar-refractivity contribution in [1.82, 2.24) is 4.90 Å². The van der Waals surface area contributed by atoms with Gasteiger partial charge in [-0.2, -0.15) is 0 Å². The number of nitrogens with zero attached hydrogens (tertiary/aromatic N) is 2. The van der Waals surface area contributed by atoms with Crippen LogP contribution in [0.2, 0.25) is 0 Å². The van der Waals surface area contributed by atoms with E-state index in [1.165, 1.54) is 28.8 Å². The van der Waals surface area contributed by atoms with Crippen LogP contribution in [0.5, 0.6) is 0 Å². The van der Waals surface area contributed by atoms with E-state index in [0.717, 1.165) is 5.56 Å². The van der Waals surface area contributed by atoms with Gasteiger partial charge in [-0.3, -0.25) is 19.8 Å². The van der Waals surface area contributed by atoms with Crippen molar-refractivity contribution in [2.75, 3.05) is 12.0 Å². The highest BCUT2D eigenvalue weighted by atomic mass is 32.2. The Morgan fingerprint density at radius 2 is 1.96 bits per heavy atom. The Balaban J connectivity index is 1.70. The Hall–Kier alpha value is -2.71. The zero-order valence-electron chi connectivity index (χ0n) is 12.9. The lowest BCUT2D eigenvalue weighted by Crippen LogP contribution is -2.33. The Labute approximate surface area is 153 Å². The number of thioether (sulfide) groups is 1. The lowest BCUT2D eigenvalue weighted by molar-refractivity contribution is -0.384. The average Bonchev–Trinajstić information content (AvgIpc) is 2.87. The second-order valence-corrected chi connectivity index (χ2v) is 6.84. The van der Waals surface area contributed by atoms with Gasteiger partial charge in [-0.05, 0) is 17.7 Å². The van der Waals surface area contributed by atoms with E-state index in [9.17, 15) is 14.9 Å². The van der Waals surface area contributed by atoms with Gasteiger partial charge in [0, 0.05) is 17.8 Å².